The molecule has 0 unspecified atom stereocenters. The van der Waals surface area contributed by atoms with Crippen LogP contribution in [-0.2, 0) is 10.0 Å². The summed E-state index contributed by atoms with van der Waals surface area (Å²) in [6.45, 7) is 1.79. The van der Waals surface area contributed by atoms with E-state index in [4.69, 9.17) is 23.2 Å². The molecule has 24 heavy (non-hydrogen) atoms. The van der Waals surface area contributed by atoms with E-state index in [0.29, 0.717) is 10.7 Å². The molecule has 0 atom stereocenters. The molecule has 0 fully saturated rings. The van der Waals surface area contributed by atoms with Crippen LogP contribution in [0.3, 0.4) is 0 Å². The van der Waals surface area contributed by atoms with Crippen molar-refractivity contribution in [1.29, 1.82) is 0 Å². The van der Waals surface area contributed by atoms with E-state index < -0.39 is 10.0 Å². The summed E-state index contributed by atoms with van der Waals surface area (Å²) < 4.78 is 24.4. The molecular formula is C16H16Cl2N2O3S. The summed E-state index contributed by atoms with van der Waals surface area (Å²) in [4.78, 5) is 12.4. The Hall–Kier alpha value is -1.76. The Kier molecular flexibility index (Phi) is 5.42. The Morgan fingerprint density at radius 3 is 2.42 bits per heavy atom. The average Bonchev–Trinajstić information content (AvgIpc) is 2.50. The summed E-state index contributed by atoms with van der Waals surface area (Å²) in [5.41, 5.74) is 1.84. The number of nitrogens with one attached hydrogen (secondary N) is 1. The van der Waals surface area contributed by atoms with Gasteiger partial charge in [0.2, 0.25) is 10.0 Å². The fourth-order valence-electron chi connectivity index (χ4n) is 2.01. The number of amides is 1. The molecule has 5 nitrogen and oxygen atoms in total. The third-order valence-electron chi connectivity index (χ3n) is 3.56. The van der Waals surface area contributed by atoms with Crippen LogP contribution in [0.4, 0.5) is 11.4 Å². The summed E-state index contributed by atoms with van der Waals surface area (Å²) in [6, 6.07) is 9.64. The van der Waals surface area contributed by atoms with E-state index in [0.717, 1.165) is 16.1 Å². The number of nitrogens with zero attached hydrogens (tertiary/aromatic N) is 1. The van der Waals surface area contributed by atoms with Crippen LogP contribution in [0.15, 0.2) is 36.4 Å². The van der Waals surface area contributed by atoms with Crippen molar-refractivity contribution in [2.75, 3.05) is 22.9 Å². The van der Waals surface area contributed by atoms with Gasteiger partial charge in [0, 0.05) is 23.3 Å². The van der Waals surface area contributed by atoms with Crippen molar-refractivity contribution in [1.82, 2.24) is 0 Å². The fraction of sp³-hybridized carbons (Fsp3) is 0.188. The second-order valence-corrected chi connectivity index (χ2v) is 8.09. The average molecular weight is 387 g/mol. The SMILES string of the molecule is Cc1c(Cl)cccc1NC(=O)c1ccc(Cl)c(N(C)S(C)(=O)=O)c1. The number of carbonyl (C=O) groups is 1. The fourth-order valence-corrected chi connectivity index (χ4v) is 2.99. The first-order valence-corrected chi connectivity index (χ1v) is 9.51. The summed E-state index contributed by atoms with van der Waals surface area (Å²) in [5, 5.41) is 3.53. The Bertz CT molecular complexity index is 898. The van der Waals surface area contributed by atoms with Gasteiger partial charge in [-0.3, -0.25) is 9.10 Å². The predicted octanol–water partition coefficient (Wildman–Crippen LogP) is 3.95. The molecule has 0 saturated carbocycles. The first-order valence-electron chi connectivity index (χ1n) is 6.91. The Morgan fingerprint density at radius 2 is 1.79 bits per heavy atom. The van der Waals surface area contributed by atoms with E-state index in [2.05, 4.69) is 5.32 Å². The van der Waals surface area contributed by atoms with Crippen molar-refractivity contribution in [3.05, 3.63) is 57.6 Å². The van der Waals surface area contributed by atoms with Gasteiger partial charge in [-0.15, -0.1) is 0 Å². The minimum absolute atomic E-state index is 0.231. The van der Waals surface area contributed by atoms with Crippen LogP contribution in [-0.4, -0.2) is 27.6 Å². The molecule has 128 valence electrons. The van der Waals surface area contributed by atoms with Gasteiger partial charge in [-0.2, -0.15) is 0 Å². The predicted molar refractivity (Wildman–Crippen MR) is 98.8 cm³/mol. The molecule has 2 aromatic carbocycles. The lowest BCUT2D eigenvalue weighted by Gasteiger charge is -2.19. The smallest absolute Gasteiger partial charge is 0.255 e. The largest absolute Gasteiger partial charge is 0.322 e. The summed E-state index contributed by atoms with van der Waals surface area (Å²) in [5.74, 6) is -0.389. The van der Waals surface area contributed by atoms with Crippen molar-refractivity contribution in [2.24, 2.45) is 0 Å². The maximum atomic E-state index is 12.4. The Balaban J connectivity index is 2.36. The number of halogens is 2. The third-order valence-corrected chi connectivity index (χ3v) is 5.48. The lowest BCUT2D eigenvalue weighted by Crippen LogP contribution is -2.25. The van der Waals surface area contributed by atoms with Gasteiger partial charge < -0.3 is 5.32 Å². The van der Waals surface area contributed by atoms with Gasteiger partial charge in [-0.25, -0.2) is 8.42 Å². The lowest BCUT2D eigenvalue weighted by molar-refractivity contribution is 0.102. The number of hydrogen-bond acceptors (Lipinski definition) is 3. The second kappa shape index (κ2) is 7.01. The molecular weight excluding hydrogens is 371 g/mol. The van der Waals surface area contributed by atoms with Crippen molar-refractivity contribution in [3.63, 3.8) is 0 Å². The molecule has 0 aliphatic heterocycles. The van der Waals surface area contributed by atoms with Crippen LogP contribution in [0.1, 0.15) is 15.9 Å². The number of rotatable bonds is 4. The Morgan fingerprint density at radius 1 is 1.12 bits per heavy atom. The zero-order chi connectivity index (χ0) is 18.1. The number of sulfonamides is 1. The molecule has 0 aliphatic carbocycles. The molecule has 8 heteroatoms. The van der Waals surface area contributed by atoms with E-state index in [1.807, 2.05) is 0 Å². The molecule has 2 aromatic rings. The van der Waals surface area contributed by atoms with Crippen molar-refractivity contribution in [3.8, 4) is 0 Å². The highest BCUT2D eigenvalue weighted by molar-refractivity contribution is 7.92. The monoisotopic (exact) mass is 386 g/mol. The highest BCUT2D eigenvalue weighted by atomic mass is 35.5. The Labute approximate surface area is 151 Å². The molecule has 0 spiro atoms. The normalized spacial score (nSPS) is 11.2. The van der Waals surface area contributed by atoms with Crippen molar-refractivity contribution >= 4 is 50.5 Å². The topological polar surface area (TPSA) is 66.5 Å². The zero-order valence-electron chi connectivity index (χ0n) is 13.3. The van der Waals surface area contributed by atoms with Gasteiger partial charge in [-0.05, 0) is 42.8 Å². The molecule has 0 bridgehead atoms. The number of carbonyl (C=O) groups excluding carboxylic acids is 1. The van der Waals surface area contributed by atoms with Crippen LogP contribution in [0, 0.1) is 6.92 Å². The molecule has 1 N–H and O–H groups in total. The molecule has 0 aliphatic rings. The zero-order valence-corrected chi connectivity index (χ0v) is 15.6. The summed E-state index contributed by atoms with van der Waals surface area (Å²) in [7, 11) is -2.12. The highest BCUT2D eigenvalue weighted by Gasteiger charge is 2.18. The van der Waals surface area contributed by atoms with Crippen LogP contribution in [0.25, 0.3) is 0 Å². The van der Waals surface area contributed by atoms with Gasteiger partial charge in [0.1, 0.15) is 0 Å². The maximum Gasteiger partial charge on any atom is 0.255 e. The van der Waals surface area contributed by atoms with E-state index in [9.17, 15) is 13.2 Å². The maximum absolute atomic E-state index is 12.4. The molecule has 0 saturated heterocycles. The third kappa shape index (κ3) is 4.01. The van der Waals surface area contributed by atoms with E-state index in [1.54, 1.807) is 25.1 Å². The van der Waals surface area contributed by atoms with E-state index in [1.165, 1.54) is 25.2 Å². The molecule has 1 amide bonds. The summed E-state index contributed by atoms with van der Waals surface area (Å²) >= 11 is 12.1. The first kappa shape index (κ1) is 18.6. The van der Waals surface area contributed by atoms with Gasteiger partial charge >= 0.3 is 0 Å². The lowest BCUT2D eigenvalue weighted by atomic mass is 10.1. The molecule has 0 heterocycles. The van der Waals surface area contributed by atoms with Gasteiger partial charge in [-0.1, -0.05) is 29.3 Å². The molecule has 2 rings (SSSR count). The number of hydrogen-bond donors (Lipinski definition) is 1. The second-order valence-electron chi connectivity index (χ2n) is 5.26. The standard InChI is InChI=1S/C16H16Cl2N2O3S/c1-10-12(17)5-4-6-14(10)19-16(21)11-7-8-13(18)15(9-11)20(2)24(3,22)23/h4-9H,1-3H3,(H,19,21). The molecule has 0 radical (unpaired) electrons. The van der Waals surface area contributed by atoms with Crippen molar-refractivity contribution in [2.45, 2.75) is 6.92 Å². The first-order chi connectivity index (χ1) is 11.1. The van der Waals surface area contributed by atoms with Gasteiger partial charge in [0.05, 0.1) is 17.0 Å². The van der Waals surface area contributed by atoms with Crippen LogP contribution < -0.4 is 9.62 Å². The van der Waals surface area contributed by atoms with Crippen LogP contribution >= 0.6 is 23.2 Å². The van der Waals surface area contributed by atoms with Crippen LogP contribution in [0.2, 0.25) is 10.0 Å². The van der Waals surface area contributed by atoms with Gasteiger partial charge in [0.15, 0.2) is 0 Å². The molecule has 0 aromatic heterocycles. The number of benzene rings is 2. The minimum atomic E-state index is -3.49. The highest BCUT2D eigenvalue weighted by Crippen LogP contribution is 2.29. The van der Waals surface area contributed by atoms with Crippen molar-refractivity contribution < 1.29 is 13.2 Å². The van der Waals surface area contributed by atoms with E-state index in [-0.39, 0.29) is 22.2 Å². The van der Waals surface area contributed by atoms with Gasteiger partial charge in [0.25, 0.3) is 5.91 Å². The number of anilines is 2. The minimum Gasteiger partial charge on any atom is -0.322 e. The summed E-state index contributed by atoms with van der Waals surface area (Å²) in [6.07, 6.45) is 1.06. The van der Waals surface area contributed by atoms with E-state index >= 15 is 0 Å². The quantitative estimate of drug-likeness (QED) is 0.864. The van der Waals surface area contributed by atoms with Crippen LogP contribution in [0.5, 0.6) is 0 Å².